The summed E-state index contributed by atoms with van der Waals surface area (Å²) in [6.07, 6.45) is 1.61. The van der Waals surface area contributed by atoms with E-state index in [-0.39, 0.29) is 11.7 Å². The number of nitrogens with one attached hydrogen (secondary N) is 1. The molecule has 9 heteroatoms. The Hall–Kier alpha value is -2.20. The Balaban J connectivity index is 1.26. The van der Waals surface area contributed by atoms with Gasteiger partial charge in [-0.25, -0.2) is 5.43 Å². The minimum Gasteiger partial charge on any atom is -0.272 e. The van der Waals surface area contributed by atoms with E-state index >= 15 is 0 Å². The zero-order valence-electron chi connectivity index (χ0n) is 16.2. The number of amides is 1. The molecule has 5 nitrogen and oxygen atoms in total. The Bertz CT molecular complexity index is 1220. The van der Waals surface area contributed by atoms with Gasteiger partial charge in [-0.15, -0.1) is 10.2 Å². The van der Waals surface area contributed by atoms with Gasteiger partial charge in [0.15, 0.2) is 8.68 Å². The summed E-state index contributed by atoms with van der Waals surface area (Å²) in [5.74, 6) is 0.870. The van der Waals surface area contributed by atoms with Gasteiger partial charge in [0, 0.05) is 15.8 Å². The van der Waals surface area contributed by atoms with Crippen LogP contribution in [0.4, 0.5) is 0 Å². The monoisotopic (exact) mass is 528 g/mol. The first kappa shape index (κ1) is 22.0. The number of rotatable bonds is 8. The summed E-state index contributed by atoms with van der Waals surface area (Å²) in [7, 11) is 0. The molecule has 0 unspecified atom stereocenters. The number of carbonyl (C=O) groups excluding carboxylic acids is 1. The van der Waals surface area contributed by atoms with Crippen molar-refractivity contribution in [1.29, 1.82) is 0 Å². The first-order chi connectivity index (χ1) is 15.2. The molecule has 156 valence electrons. The molecule has 4 aromatic rings. The summed E-state index contributed by atoms with van der Waals surface area (Å²) in [4.78, 5) is 12.0. The fraction of sp³-hybridized carbons (Fsp3) is 0.0909. The molecule has 0 bridgehead atoms. The van der Waals surface area contributed by atoms with E-state index in [1.54, 1.807) is 18.0 Å². The molecule has 0 aliphatic heterocycles. The fourth-order valence-electron chi connectivity index (χ4n) is 2.78. The molecule has 1 heterocycles. The predicted octanol–water partition coefficient (Wildman–Crippen LogP) is 5.99. The number of nitrogens with zero attached hydrogens (tertiary/aromatic N) is 3. The summed E-state index contributed by atoms with van der Waals surface area (Å²) >= 11 is 7.96. The second-order valence-corrected chi connectivity index (χ2v) is 10.6. The molecule has 0 fully saturated rings. The predicted molar refractivity (Wildman–Crippen MR) is 134 cm³/mol. The van der Waals surface area contributed by atoms with Crippen LogP contribution in [0.5, 0.6) is 0 Å². The van der Waals surface area contributed by atoms with Gasteiger partial charge in [0.05, 0.1) is 12.0 Å². The molecule has 0 aliphatic carbocycles. The van der Waals surface area contributed by atoms with Gasteiger partial charge in [0.2, 0.25) is 0 Å². The van der Waals surface area contributed by atoms with Gasteiger partial charge in [0.1, 0.15) is 0 Å². The van der Waals surface area contributed by atoms with E-state index in [2.05, 4.69) is 79.1 Å². The average molecular weight is 530 g/mol. The molecular weight excluding hydrogens is 512 g/mol. The number of hydrazone groups is 1. The number of thioether (sulfide) groups is 2. The van der Waals surface area contributed by atoms with Crippen molar-refractivity contribution in [2.24, 2.45) is 5.10 Å². The van der Waals surface area contributed by atoms with Crippen molar-refractivity contribution in [2.45, 2.75) is 14.4 Å². The summed E-state index contributed by atoms with van der Waals surface area (Å²) in [5, 5.41) is 14.9. The van der Waals surface area contributed by atoms with Crippen LogP contribution >= 0.6 is 50.8 Å². The highest BCUT2D eigenvalue weighted by molar-refractivity contribution is 9.10. The van der Waals surface area contributed by atoms with Gasteiger partial charge in [-0.05, 0) is 22.4 Å². The zero-order chi connectivity index (χ0) is 21.5. The summed E-state index contributed by atoms with van der Waals surface area (Å²) in [6.45, 7) is 0. The van der Waals surface area contributed by atoms with Gasteiger partial charge >= 0.3 is 0 Å². The number of fused-ring (bicyclic) bond motifs is 1. The fourth-order valence-corrected chi connectivity index (χ4v) is 5.99. The largest absolute Gasteiger partial charge is 0.272 e. The van der Waals surface area contributed by atoms with Crippen LogP contribution in [0.3, 0.4) is 0 Å². The van der Waals surface area contributed by atoms with Crippen LogP contribution in [0.1, 0.15) is 11.1 Å². The highest BCUT2D eigenvalue weighted by atomic mass is 79.9. The molecule has 1 amide bonds. The second kappa shape index (κ2) is 10.9. The van der Waals surface area contributed by atoms with Gasteiger partial charge < -0.3 is 0 Å². The molecule has 4 rings (SSSR count). The SMILES string of the molecule is O=C(CSc1nnc(SCc2cccc3ccccc23)s1)NN=Cc1ccccc1Br. The van der Waals surface area contributed by atoms with E-state index in [0.29, 0.717) is 0 Å². The molecule has 1 aromatic heterocycles. The third-order valence-electron chi connectivity index (χ3n) is 4.24. The van der Waals surface area contributed by atoms with Crippen molar-refractivity contribution in [3.8, 4) is 0 Å². The van der Waals surface area contributed by atoms with E-state index in [1.165, 1.54) is 39.4 Å². The standard InChI is InChI=1S/C22H17BrN4OS3/c23-19-11-4-2-7-16(19)12-24-25-20(28)14-30-22-27-26-21(31-22)29-13-17-9-5-8-15-6-1-3-10-18(15)17/h1-12H,13-14H2,(H,25,28). The summed E-state index contributed by atoms with van der Waals surface area (Å²) in [5.41, 5.74) is 4.71. The maximum atomic E-state index is 12.0. The lowest BCUT2D eigenvalue weighted by atomic mass is 10.1. The lowest BCUT2D eigenvalue weighted by molar-refractivity contribution is -0.118. The molecule has 31 heavy (non-hydrogen) atoms. The maximum Gasteiger partial charge on any atom is 0.250 e. The third-order valence-corrected chi connectivity index (χ3v) is 8.20. The Morgan fingerprint density at radius 2 is 1.74 bits per heavy atom. The highest BCUT2D eigenvalue weighted by Crippen LogP contribution is 2.32. The van der Waals surface area contributed by atoms with Crippen LogP contribution < -0.4 is 5.43 Å². The van der Waals surface area contributed by atoms with Gasteiger partial charge in [-0.2, -0.15) is 5.10 Å². The lowest BCUT2D eigenvalue weighted by Gasteiger charge is -2.04. The number of hydrogen-bond donors (Lipinski definition) is 1. The Kier molecular flexibility index (Phi) is 7.74. The van der Waals surface area contributed by atoms with Crippen LogP contribution in [0.2, 0.25) is 0 Å². The number of aromatic nitrogens is 2. The minimum atomic E-state index is -0.187. The van der Waals surface area contributed by atoms with Crippen molar-refractivity contribution in [1.82, 2.24) is 15.6 Å². The number of halogens is 1. The van der Waals surface area contributed by atoms with Crippen molar-refractivity contribution >= 4 is 73.7 Å². The zero-order valence-corrected chi connectivity index (χ0v) is 20.2. The quantitative estimate of drug-likeness (QED) is 0.173. The normalized spacial score (nSPS) is 11.3. The smallest absolute Gasteiger partial charge is 0.250 e. The Morgan fingerprint density at radius 1 is 1.00 bits per heavy atom. The first-order valence-corrected chi connectivity index (χ1v) is 12.9. The molecule has 1 N–H and O–H groups in total. The highest BCUT2D eigenvalue weighted by Gasteiger charge is 2.09. The first-order valence-electron chi connectivity index (χ1n) is 9.31. The van der Waals surface area contributed by atoms with E-state index in [0.717, 1.165) is 24.5 Å². The number of benzene rings is 3. The molecule has 0 spiro atoms. The Labute approximate surface area is 200 Å². The summed E-state index contributed by atoms with van der Waals surface area (Å²) in [6, 6.07) is 22.4. The van der Waals surface area contributed by atoms with E-state index < -0.39 is 0 Å². The molecule has 0 aliphatic rings. The lowest BCUT2D eigenvalue weighted by Crippen LogP contribution is -2.19. The molecule has 3 aromatic carbocycles. The average Bonchev–Trinajstić information content (AvgIpc) is 3.25. The Morgan fingerprint density at radius 3 is 2.61 bits per heavy atom. The summed E-state index contributed by atoms with van der Waals surface area (Å²) < 4.78 is 2.58. The second-order valence-electron chi connectivity index (χ2n) is 6.36. The van der Waals surface area contributed by atoms with Crippen LogP contribution in [0.15, 0.2) is 85.0 Å². The molecular formula is C22H17BrN4OS3. The van der Waals surface area contributed by atoms with E-state index in [9.17, 15) is 4.79 Å². The maximum absolute atomic E-state index is 12.0. The van der Waals surface area contributed by atoms with E-state index in [1.807, 2.05) is 24.3 Å². The van der Waals surface area contributed by atoms with Gasteiger partial charge in [-0.3, -0.25) is 4.79 Å². The molecule has 0 saturated heterocycles. The number of hydrogen-bond acceptors (Lipinski definition) is 7. The van der Waals surface area contributed by atoms with Crippen molar-refractivity contribution in [3.05, 3.63) is 82.3 Å². The molecule has 0 saturated carbocycles. The van der Waals surface area contributed by atoms with Crippen LogP contribution in [0, 0.1) is 0 Å². The van der Waals surface area contributed by atoms with Crippen molar-refractivity contribution < 1.29 is 4.79 Å². The van der Waals surface area contributed by atoms with Crippen LogP contribution in [-0.4, -0.2) is 28.1 Å². The number of carbonyl (C=O) groups is 1. The topological polar surface area (TPSA) is 67.2 Å². The third kappa shape index (κ3) is 6.16. The van der Waals surface area contributed by atoms with Gasteiger partial charge in [-0.1, -0.05) is 111 Å². The molecule has 0 atom stereocenters. The van der Waals surface area contributed by atoms with E-state index in [4.69, 9.17) is 0 Å². The van der Waals surface area contributed by atoms with Crippen LogP contribution in [-0.2, 0) is 10.5 Å². The molecule has 0 radical (unpaired) electrons. The van der Waals surface area contributed by atoms with Crippen molar-refractivity contribution in [2.75, 3.05) is 5.75 Å². The van der Waals surface area contributed by atoms with Crippen LogP contribution in [0.25, 0.3) is 10.8 Å². The van der Waals surface area contributed by atoms with Gasteiger partial charge in [0.25, 0.3) is 5.91 Å². The van der Waals surface area contributed by atoms with Crippen molar-refractivity contribution in [3.63, 3.8) is 0 Å². The minimum absolute atomic E-state index is 0.187.